The number of carbonyl (C=O) groups is 1. The molecule has 0 aliphatic rings. The third kappa shape index (κ3) is 3.53. The lowest BCUT2D eigenvalue weighted by atomic mass is 10.3. The van der Waals surface area contributed by atoms with E-state index in [9.17, 15) is 13.2 Å². The van der Waals surface area contributed by atoms with Gasteiger partial charge in [0.15, 0.2) is 0 Å². The third-order valence-corrected chi connectivity index (χ3v) is 4.09. The van der Waals surface area contributed by atoms with Crippen LogP contribution in [0.15, 0.2) is 17.3 Å². The average molecular weight is 261 g/mol. The van der Waals surface area contributed by atoms with E-state index in [-0.39, 0.29) is 23.8 Å². The Kier molecular flexibility index (Phi) is 4.64. The summed E-state index contributed by atoms with van der Waals surface area (Å²) in [6, 6.07) is 0. The first kappa shape index (κ1) is 13.7. The van der Waals surface area contributed by atoms with Crippen LogP contribution in [0, 0.1) is 0 Å². The van der Waals surface area contributed by atoms with Crippen molar-refractivity contribution in [1.82, 2.24) is 14.5 Å². The van der Waals surface area contributed by atoms with Crippen molar-refractivity contribution in [3.8, 4) is 0 Å². The number of hydrogen-bond donors (Lipinski definition) is 1. The zero-order valence-electron chi connectivity index (χ0n) is 9.71. The summed E-state index contributed by atoms with van der Waals surface area (Å²) in [5.74, 6) is -0.348. The molecule has 96 valence electrons. The molecule has 0 atom stereocenters. The van der Waals surface area contributed by atoms with Crippen molar-refractivity contribution in [3.63, 3.8) is 0 Å². The fraction of sp³-hybridized carbons (Fsp3) is 0.556. The van der Waals surface area contributed by atoms with Crippen molar-refractivity contribution < 1.29 is 17.9 Å². The van der Waals surface area contributed by atoms with Crippen LogP contribution in [0.5, 0.6) is 0 Å². The van der Waals surface area contributed by atoms with Gasteiger partial charge in [-0.2, -0.15) is 5.10 Å². The number of hydrogen-bond acceptors (Lipinski definition) is 5. The number of nitrogens with one attached hydrogen (secondary N) is 1. The van der Waals surface area contributed by atoms with Crippen molar-refractivity contribution >= 4 is 16.0 Å². The van der Waals surface area contributed by atoms with Crippen molar-refractivity contribution in [2.45, 2.75) is 17.7 Å². The number of aromatic amines is 1. The fourth-order valence-electron chi connectivity index (χ4n) is 1.23. The molecule has 0 aliphatic carbocycles. The Labute approximate surface area is 99.8 Å². The van der Waals surface area contributed by atoms with Gasteiger partial charge in [0, 0.05) is 26.2 Å². The van der Waals surface area contributed by atoms with Crippen molar-refractivity contribution in [2.75, 3.05) is 20.7 Å². The van der Waals surface area contributed by atoms with Gasteiger partial charge < -0.3 is 4.74 Å². The van der Waals surface area contributed by atoms with Gasteiger partial charge in [0.05, 0.1) is 13.3 Å². The van der Waals surface area contributed by atoms with E-state index in [1.165, 1.54) is 30.9 Å². The van der Waals surface area contributed by atoms with E-state index in [0.29, 0.717) is 6.42 Å². The van der Waals surface area contributed by atoms with Crippen molar-refractivity contribution in [1.29, 1.82) is 0 Å². The second kappa shape index (κ2) is 5.78. The standard InChI is InChI=1S/C9H15N3O4S/c1-12(5-3-4-9(13)16-2)17(14,15)8-6-10-11-7-8/h6-7H,3-5H2,1-2H3,(H,10,11). The lowest BCUT2D eigenvalue weighted by molar-refractivity contribution is -0.140. The molecule has 0 fully saturated rings. The van der Waals surface area contributed by atoms with E-state index >= 15 is 0 Å². The minimum atomic E-state index is -3.51. The van der Waals surface area contributed by atoms with Crippen LogP contribution in [0.25, 0.3) is 0 Å². The Morgan fingerprint density at radius 2 is 2.29 bits per heavy atom. The average Bonchev–Trinajstić information content (AvgIpc) is 2.82. The van der Waals surface area contributed by atoms with Crippen LogP contribution in [0.4, 0.5) is 0 Å². The van der Waals surface area contributed by atoms with E-state index in [0.717, 1.165) is 0 Å². The number of carbonyl (C=O) groups excluding carboxylic acids is 1. The normalized spacial score (nSPS) is 11.7. The molecule has 1 heterocycles. The molecular weight excluding hydrogens is 246 g/mol. The summed E-state index contributed by atoms with van der Waals surface area (Å²) >= 11 is 0. The van der Waals surface area contributed by atoms with Gasteiger partial charge in [0.2, 0.25) is 10.0 Å². The predicted molar refractivity (Wildman–Crippen MR) is 59.7 cm³/mol. The van der Waals surface area contributed by atoms with Gasteiger partial charge in [-0.05, 0) is 6.42 Å². The number of H-pyrrole nitrogens is 1. The second-order valence-electron chi connectivity index (χ2n) is 3.44. The summed E-state index contributed by atoms with van der Waals surface area (Å²) in [7, 11) is -0.755. The quantitative estimate of drug-likeness (QED) is 0.727. The van der Waals surface area contributed by atoms with Gasteiger partial charge in [-0.15, -0.1) is 0 Å². The van der Waals surface area contributed by atoms with Crippen LogP contribution in [0.2, 0.25) is 0 Å². The minimum absolute atomic E-state index is 0.109. The molecule has 1 N–H and O–H groups in total. The Morgan fingerprint density at radius 3 is 2.82 bits per heavy atom. The summed E-state index contributed by atoms with van der Waals surface area (Å²) in [6.45, 7) is 0.253. The molecule has 0 amide bonds. The highest BCUT2D eigenvalue weighted by Crippen LogP contribution is 2.12. The first-order valence-corrected chi connectivity index (χ1v) is 6.44. The number of methoxy groups -OCH3 is 1. The lowest BCUT2D eigenvalue weighted by Gasteiger charge is -2.15. The van der Waals surface area contributed by atoms with Crippen molar-refractivity contribution in [2.24, 2.45) is 0 Å². The zero-order valence-corrected chi connectivity index (χ0v) is 10.5. The summed E-state index contributed by atoms with van der Waals surface area (Å²) in [5, 5.41) is 6.03. The number of esters is 1. The Bertz CT molecular complexity index is 455. The number of sulfonamides is 1. The molecule has 8 heteroatoms. The predicted octanol–water partition coefficient (Wildman–Crippen LogP) is -0.0166. The van der Waals surface area contributed by atoms with E-state index in [4.69, 9.17) is 0 Å². The molecule has 0 spiro atoms. The van der Waals surface area contributed by atoms with Gasteiger partial charge in [0.1, 0.15) is 4.90 Å². The maximum Gasteiger partial charge on any atom is 0.305 e. The highest BCUT2D eigenvalue weighted by molar-refractivity contribution is 7.89. The topological polar surface area (TPSA) is 92.4 Å². The molecule has 0 unspecified atom stereocenters. The van der Waals surface area contributed by atoms with Gasteiger partial charge in [-0.1, -0.05) is 0 Å². The molecule has 0 radical (unpaired) electrons. The SMILES string of the molecule is COC(=O)CCCN(C)S(=O)(=O)c1cn[nH]c1. The number of ether oxygens (including phenoxy) is 1. The summed E-state index contributed by atoms with van der Waals surface area (Å²) in [6.07, 6.45) is 3.17. The molecule has 1 aromatic heterocycles. The van der Waals surface area contributed by atoms with E-state index in [1.54, 1.807) is 0 Å². The van der Waals surface area contributed by atoms with Gasteiger partial charge in [0.25, 0.3) is 0 Å². The smallest absolute Gasteiger partial charge is 0.305 e. The lowest BCUT2D eigenvalue weighted by Crippen LogP contribution is -2.28. The molecule has 0 saturated carbocycles. The summed E-state index contributed by atoms with van der Waals surface area (Å²) in [5.41, 5.74) is 0. The summed E-state index contributed by atoms with van der Waals surface area (Å²) < 4.78 is 29.4. The largest absolute Gasteiger partial charge is 0.469 e. The van der Waals surface area contributed by atoms with E-state index in [1.807, 2.05) is 0 Å². The molecule has 1 aromatic rings. The van der Waals surface area contributed by atoms with Crippen LogP contribution >= 0.6 is 0 Å². The van der Waals surface area contributed by atoms with Crippen LogP contribution < -0.4 is 0 Å². The van der Waals surface area contributed by atoms with Gasteiger partial charge in [-0.3, -0.25) is 9.89 Å². The monoisotopic (exact) mass is 261 g/mol. The number of aromatic nitrogens is 2. The minimum Gasteiger partial charge on any atom is -0.469 e. The van der Waals surface area contributed by atoms with Gasteiger partial charge >= 0.3 is 5.97 Å². The van der Waals surface area contributed by atoms with Crippen LogP contribution in [-0.4, -0.2) is 49.6 Å². The number of rotatable bonds is 6. The third-order valence-electron chi connectivity index (χ3n) is 2.26. The zero-order chi connectivity index (χ0) is 12.9. The Hall–Kier alpha value is -1.41. The van der Waals surface area contributed by atoms with Crippen molar-refractivity contribution in [3.05, 3.63) is 12.4 Å². The molecule has 7 nitrogen and oxygen atoms in total. The molecular formula is C9H15N3O4S. The Balaban J connectivity index is 2.53. The van der Waals surface area contributed by atoms with Crippen LogP contribution in [0.1, 0.15) is 12.8 Å². The fourth-order valence-corrected chi connectivity index (χ4v) is 2.35. The second-order valence-corrected chi connectivity index (χ2v) is 5.49. The van der Waals surface area contributed by atoms with E-state index < -0.39 is 10.0 Å². The van der Waals surface area contributed by atoms with E-state index in [2.05, 4.69) is 14.9 Å². The van der Waals surface area contributed by atoms with Crippen LogP contribution in [-0.2, 0) is 19.6 Å². The molecule has 0 bridgehead atoms. The highest BCUT2D eigenvalue weighted by atomic mass is 32.2. The molecule has 0 saturated heterocycles. The number of nitrogens with zero attached hydrogens (tertiary/aromatic N) is 2. The molecule has 1 rings (SSSR count). The molecule has 0 aromatic carbocycles. The first-order valence-electron chi connectivity index (χ1n) is 5.00. The Morgan fingerprint density at radius 1 is 1.59 bits per heavy atom. The van der Waals surface area contributed by atoms with Crippen LogP contribution in [0.3, 0.4) is 0 Å². The van der Waals surface area contributed by atoms with Gasteiger partial charge in [-0.25, -0.2) is 12.7 Å². The summed E-state index contributed by atoms with van der Waals surface area (Å²) in [4.78, 5) is 11.0. The maximum absolute atomic E-state index is 11.9. The molecule has 0 aliphatic heterocycles. The maximum atomic E-state index is 11.9. The molecule has 17 heavy (non-hydrogen) atoms. The highest BCUT2D eigenvalue weighted by Gasteiger charge is 2.21. The first-order chi connectivity index (χ1) is 7.98.